The second-order valence-corrected chi connectivity index (χ2v) is 6.56. The fraction of sp³-hybridized carbons (Fsp3) is 0.0500. The maximum Gasteiger partial charge on any atom is 0.331 e. The number of amides is 1. The van der Waals surface area contributed by atoms with Gasteiger partial charge in [-0.1, -0.05) is 12.1 Å². The first-order valence-electron chi connectivity index (χ1n) is 8.22. The molecule has 148 valence electrons. The third kappa shape index (κ3) is 5.76. The van der Waals surface area contributed by atoms with Gasteiger partial charge in [-0.2, -0.15) is 0 Å². The summed E-state index contributed by atoms with van der Waals surface area (Å²) in [5.74, 6) is -3.05. The topological polar surface area (TPSA) is 68.3 Å². The number of anilines is 1. The highest BCUT2D eigenvalue weighted by atomic mass is 32.1. The van der Waals surface area contributed by atoms with Crippen LogP contribution in [0.15, 0.2) is 53.9 Å². The number of carbonyl (C=O) groups excluding carboxylic acids is 2. The molecule has 3 aromatic rings. The molecule has 3 rings (SSSR count). The van der Waals surface area contributed by atoms with Gasteiger partial charge in [0.05, 0.1) is 5.69 Å². The van der Waals surface area contributed by atoms with Gasteiger partial charge >= 0.3 is 5.97 Å². The highest BCUT2D eigenvalue weighted by Crippen LogP contribution is 2.27. The van der Waals surface area contributed by atoms with Gasteiger partial charge in [-0.15, -0.1) is 11.3 Å². The van der Waals surface area contributed by atoms with Gasteiger partial charge in [-0.3, -0.25) is 10.1 Å². The molecule has 1 amide bonds. The number of aromatic nitrogens is 1. The normalized spacial score (nSPS) is 10.9. The molecule has 1 heterocycles. The molecule has 29 heavy (non-hydrogen) atoms. The minimum absolute atomic E-state index is 0.0286. The Kier molecular flexibility index (Phi) is 6.40. The molecule has 0 fully saturated rings. The fourth-order valence-electron chi connectivity index (χ4n) is 2.23. The zero-order chi connectivity index (χ0) is 20.8. The van der Waals surface area contributed by atoms with Crippen molar-refractivity contribution in [3.05, 3.63) is 76.9 Å². The van der Waals surface area contributed by atoms with Crippen LogP contribution in [-0.2, 0) is 14.3 Å². The van der Waals surface area contributed by atoms with E-state index in [1.807, 2.05) is 0 Å². The van der Waals surface area contributed by atoms with E-state index in [2.05, 4.69) is 10.3 Å². The first-order valence-corrected chi connectivity index (χ1v) is 9.10. The Labute approximate surface area is 167 Å². The first-order chi connectivity index (χ1) is 13.9. The molecule has 0 saturated heterocycles. The summed E-state index contributed by atoms with van der Waals surface area (Å²) in [6.07, 6.45) is 2.52. The number of ether oxygens (including phenoxy) is 1. The predicted molar refractivity (Wildman–Crippen MR) is 102 cm³/mol. The molecule has 1 N–H and O–H groups in total. The van der Waals surface area contributed by atoms with E-state index in [9.17, 15) is 22.8 Å². The molecule has 0 unspecified atom stereocenters. The van der Waals surface area contributed by atoms with Crippen molar-refractivity contribution >= 4 is 34.4 Å². The van der Waals surface area contributed by atoms with Crippen molar-refractivity contribution < 1.29 is 27.5 Å². The van der Waals surface area contributed by atoms with Gasteiger partial charge in [0.2, 0.25) is 0 Å². The number of hydrogen-bond donors (Lipinski definition) is 1. The molecule has 9 heteroatoms. The van der Waals surface area contributed by atoms with Crippen molar-refractivity contribution in [1.29, 1.82) is 0 Å². The van der Waals surface area contributed by atoms with Gasteiger partial charge in [-0.25, -0.2) is 22.9 Å². The van der Waals surface area contributed by atoms with Crippen LogP contribution in [0.5, 0.6) is 0 Å². The minimum Gasteiger partial charge on any atom is -0.452 e. The van der Waals surface area contributed by atoms with E-state index in [4.69, 9.17) is 4.74 Å². The van der Waals surface area contributed by atoms with Crippen LogP contribution in [0.1, 0.15) is 5.56 Å². The van der Waals surface area contributed by atoms with E-state index in [1.165, 1.54) is 35.7 Å². The third-order valence-corrected chi connectivity index (χ3v) is 4.34. The zero-order valence-electron chi connectivity index (χ0n) is 14.7. The number of carbonyl (C=O) groups is 2. The van der Waals surface area contributed by atoms with Crippen molar-refractivity contribution in [3.8, 4) is 11.3 Å². The van der Waals surface area contributed by atoms with Gasteiger partial charge in [0.1, 0.15) is 17.5 Å². The lowest BCUT2D eigenvalue weighted by Crippen LogP contribution is -2.20. The van der Waals surface area contributed by atoms with Crippen LogP contribution < -0.4 is 5.32 Å². The smallest absolute Gasteiger partial charge is 0.331 e. The molecule has 0 spiro atoms. The minimum atomic E-state index is -0.758. The second-order valence-electron chi connectivity index (χ2n) is 5.70. The maximum absolute atomic E-state index is 13.8. The molecule has 2 aromatic carbocycles. The number of esters is 1. The summed E-state index contributed by atoms with van der Waals surface area (Å²) in [7, 11) is 0. The van der Waals surface area contributed by atoms with Crippen molar-refractivity contribution in [1.82, 2.24) is 4.98 Å². The fourth-order valence-corrected chi connectivity index (χ4v) is 2.95. The predicted octanol–water partition coefficient (Wildman–Crippen LogP) is 4.42. The second kappa shape index (κ2) is 9.16. The average Bonchev–Trinajstić information content (AvgIpc) is 3.16. The standard InChI is InChI=1S/C20H13F3N2O3S/c21-13-4-1-12(2-5-13)3-8-19(27)28-10-18(26)25-20-24-17(11-29-20)15-9-14(22)6-7-16(15)23/h1-9,11H,10H2,(H,24,25,26)/b8-3+. The Morgan fingerprint density at radius 1 is 1.07 bits per heavy atom. The Morgan fingerprint density at radius 2 is 1.79 bits per heavy atom. The van der Waals surface area contributed by atoms with E-state index in [0.29, 0.717) is 5.56 Å². The summed E-state index contributed by atoms with van der Waals surface area (Å²) in [5, 5.41) is 4.02. The van der Waals surface area contributed by atoms with E-state index in [1.54, 1.807) is 0 Å². The molecule has 0 aliphatic rings. The molecule has 1 aromatic heterocycles. The molecule has 0 aliphatic heterocycles. The lowest BCUT2D eigenvalue weighted by molar-refractivity contribution is -0.142. The molecule has 0 bridgehead atoms. The van der Waals surface area contributed by atoms with Gasteiger partial charge in [-0.05, 0) is 42.0 Å². The number of benzene rings is 2. The molecule has 5 nitrogen and oxygen atoms in total. The number of thiazole rings is 1. The summed E-state index contributed by atoms with van der Waals surface area (Å²) in [4.78, 5) is 27.5. The summed E-state index contributed by atoms with van der Waals surface area (Å²) in [6, 6.07) is 8.44. The van der Waals surface area contributed by atoms with Crippen LogP contribution in [0.2, 0.25) is 0 Å². The SMILES string of the molecule is O=C(COC(=O)/C=C/c1ccc(F)cc1)Nc1nc(-c2cc(F)ccc2F)cs1. The van der Waals surface area contributed by atoms with Crippen LogP contribution >= 0.6 is 11.3 Å². The Morgan fingerprint density at radius 3 is 2.55 bits per heavy atom. The largest absolute Gasteiger partial charge is 0.452 e. The molecular weight excluding hydrogens is 405 g/mol. The van der Waals surface area contributed by atoms with Crippen molar-refractivity contribution in [3.63, 3.8) is 0 Å². The highest BCUT2D eigenvalue weighted by Gasteiger charge is 2.13. The maximum atomic E-state index is 13.8. The first kappa shape index (κ1) is 20.3. The van der Waals surface area contributed by atoms with E-state index >= 15 is 0 Å². The number of hydrogen-bond acceptors (Lipinski definition) is 5. The summed E-state index contributed by atoms with van der Waals surface area (Å²) in [5.41, 5.74) is 0.730. The Balaban J connectivity index is 1.52. The van der Waals surface area contributed by atoms with Crippen LogP contribution in [0, 0.1) is 17.5 Å². The van der Waals surface area contributed by atoms with E-state index < -0.39 is 35.9 Å². The summed E-state index contributed by atoms with van der Waals surface area (Å²) < 4.78 is 44.7. The van der Waals surface area contributed by atoms with Gasteiger partial charge in [0, 0.05) is 17.0 Å². The van der Waals surface area contributed by atoms with Gasteiger partial charge in [0.25, 0.3) is 5.91 Å². The summed E-state index contributed by atoms with van der Waals surface area (Å²) in [6.45, 7) is -0.560. The molecule has 0 atom stereocenters. The lowest BCUT2D eigenvalue weighted by atomic mass is 10.1. The molecule has 0 radical (unpaired) electrons. The molecule has 0 aliphatic carbocycles. The van der Waals surface area contributed by atoms with Gasteiger partial charge < -0.3 is 4.74 Å². The van der Waals surface area contributed by atoms with Crippen molar-refractivity contribution in [2.24, 2.45) is 0 Å². The number of halogens is 3. The average molecular weight is 418 g/mol. The number of nitrogens with zero attached hydrogens (tertiary/aromatic N) is 1. The van der Waals surface area contributed by atoms with Gasteiger partial charge in [0.15, 0.2) is 11.7 Å². The number of rotatable bonds is 6. The Bertz CT molecular complexity index is 1070. The van der Waals surface area contributed by atoms with Crippen molar-refractivity contribution in [2.45, 2.75) is 0 Å². The van der Waals surface area contributed by atoms with Crippen LogP contribution in [0.4, 0.5) is 18.3 Å². The highest BCUT2D eigenvalue weighted by molar-refractivity contribution is 7.14. The number of nitrogens with one attached hydrogen (secondary N) is 1. The van der Waals surface area contributed by atoms with Crippen LogP contribution in [0.3, 0.4) is 0 Å². The van der Waals surface area contributed by atoms with E-state index in [0.717, 1.165) is 35.6 Å². The summed E-state index contributed by atoms with van der Waals surface area (Å²) >= 11 is 1.01. The quantitative estimate of drug-likeness (QED) is 0.475. The third-order valence-electron chi connectivity index (χ3n) is 3.58. The monoisotopic (exact) mass is 418 g/mol. The Hall–Kier alpha value is -3.46. The molecular formula is C20H13F3N2O3S. The van der Waals surface area contributed by atoms with Crippen molar-refractivity contribution in [2.75, 3.05) is 11.9 Å². The van der Waals surface area contributed by atoms with Crippen LogP contribution in [-0.4, -0.2) is 23.5 Å². The lowest BCUT2D eigenvalue weighted by Gasteiger charge is -2.02. The zero-order valence-corrected chi connectivity index (χ0v) is 15.5. The van der Waals surface area contributed by atoms with Crippen LogP contribution in [0.25, 0.3) is 17.3 Å². The van der Waals surface area contributed by atoms with E-state index in [-0.39, 0.29) is 16.4 Å². The molecule has 0 saturated carbocycles.